The number of hydrogen-bond donors (Lipinski definition) is 2. The molecule has 8 unspecified atom stereocenters. The van der Waals surface area contributed by atoms with Crippen LogP contribution in [0, 0.1) is 23.7 Å². The monoisotopic (exact) mass is 611 g/mol. The Morgan fingerprint density at radius 2 is 1.81 bits per heavy atom. The average molecular weight is 611 g/mol. The molecule has 2 N–H and O–H groups in total. The number of hydrogen-bond acceptors (Lipinski definition) is 4. The van der Waals surface area contributed by atoms with Crippen molar-refractivity contribution in [1.29, 1.82) is 0 Å². The van der Waals surface area contributed by atoms with Crippen molar-refractivity contribution < 1.29 is 4.39 Å². The Balaban J connectivity index is 2.97. The van der Waals surface area contributed by atoms with E-state index >= 15 is 4.39 Å². The Labute approximate surface area is 263 Å². The van der Waals surface area contributed by atoms with E-state index in [-0.39, 0.29) is 5.92 Å². The zero-order valence-electron chi connectivity index (χ0n) is 29.4. The first-order valence-electron chi connectivity index (χ1n) is 17.1. The topological polar surface area (TPSA) is 30.5 Å². The third-order valence-electron chi connectivity index (χ3n) is 10.3. The van der Waals surface area contributed by atoms with E-state index in [0.29, 0.717) is 35.1 Å². The molecule has 0 radical (unpaired) electrons. The summed E-state index contributed by atoms with van der Waals surface area (Å²) in [6, 6.07) is 0.897. The lowest BCUT2D eigenvalue weighted by Crippen LogP contribution is -2.49. The van der Waals surface area contributed by atoms with Crippen molar-refractivity contribution >= 4 is 10.0 Å². The molecule has 0 bridgehead atoms. The molecule has 0 spiro atoms. The van der Waals surface area contributed by atoms with Gasteiger partial charge in [0.15, 0.2) is 0 Å². The summed E-state index contributed by atoms with van der Waals surface area (Å²) in [6.07, 6.45) is 18.7. The van der Waals surface area contributed by atoms with Crippen molar-refractivity contribution in [2.45, 2.75) is 117 Å². The van der Waals surface area contributed by atoms with Crippen LogP contribution in [0.25, 0.3) is 0 Å². The average Bonchev–Trinajstić information content (AvgIpc) is 2.96. The second kappa shape index (κ2) is 20.3. The van der Waals surface area contributed by atoms with E-state index in [4.69, 9.17) is 0 Å². The molecule has 4 nitrogen and oxygen atoms in total. The van der Waals surface area contributed by atoms with Gasteiger partial charge in [-0.1, -0.05) is 79.0 Å². The zero-order chi connectivity index (χ0) is 31.9. The lowest BCUT2D eigenvalue weighted by molar-refractivity contribution is 0.135. The van der Waals surface area contributed by atoms with Gasteiger partial charge < -0.3 is 10.6 Å². The molecule has 1 aliphatic heterocycles. The minimum absolute atomic E-state index is 0.0445. The molecule has 8 atom stereocenters. The summed E-state index contributed by atoms with van der Waals surface area (Å²) < 4.78 is 15.0. The van der Waals surface area contributed by atoms with Gasteiger partial charge in [-0.05, 0) is 88.9 Å². The Morgan fingerprint density at radius 1 is 1.12 bits per heavy atom. The number of nitrogens with zero attached hydrogens (tertiary/aromatic N) is 2. The van der Waals surface area contributed by atoms with Gasteiger partial charge in [0, 0.05) is 42.1 Å². The maximum absolute atomic E-state index is 15.0. The number of alkyl halides is 1. The second-order valence-electron chi connectivity index (χ2n) is 13.5. The van der Waals surface area contributed by atoms with Crippen molar-refractivity contribution in [3.8, 4) is 0 Å². The standard InChI is InChI=1S/C36H71FN4S/c1-13-18-20-35(28(6)16-4)40(10)34(17-5)31(9)42(11,12)36-25-29(7)33(26-39-36)32(30(8)37)21-22-38-27-41(23-15-3)24-19-14-2/h14,17,25,28-35,38-39H,2,5,13,15-16,18-24,26-27H2,1,3-4,6-12H3. The second-order valence-corrected chi connectivity index (χ2v) is 17.5. The molecule has 0 aromatic heterocycles. The van der Waals surface area contributed by atoms with Crippen LogP contribution in [0.2, 0.25) is 0 Å². The highest BCUT2D eigenvalue weighted by Gasteiger charge is 2.39. The van der Waals surface area contributed by atoms with Gasteiger partial charge in [-0.3, -0.25) is 9.80 Å². The SMILES string of the molecule is C=CCCN(CCC)CNCCC(C(C)F)C1CNC(S(C)(C)C(C)C(C=C)N(C)C(CCCC)C(C)CC)=CC1C. The van der Waals surface area contributed by atoms with Gasteiger partial charge in [-0.25, -0.2) is 14.4 Å². The lowest BCUT2D eigenvalue weighted by atomic mass is 9.77. The number of nitrogens with one attached hydrogen (secondary N) is 2. The minimum Gasteiger partial charge on any atom is -0.381 e. The van der Waals surface area contributed by atoms with Gasteiger partial charge in [0.05, 0.1) is 0 Å². The zero-order valence-corrected chi connectivity index (χ0v) is 30.2. The highest BCUT2D eigenvalue weighted by atomic mass is 32.3. The van der Waals surface area contributed by atoms with Gasteiger partial charge in [-0.15, -0.1) is 13.2 Å². The Kier molecular flexibility index (Phi) is 18.9. The minimum atomic E-state index is -1.13. The van der Waals surface area contributed by atoms with E-state index in [1.54, 1.807) is 6.92 Å². The number of halogens is 1. The number of likely N-dealkylation sites (N-methyl/N-ethyl adjacent to an activating group) is 1. The summed E-state index contributed by atoms with van der Waals surface area (Å²) in [7, 11) is 1.20. The van der Waals surface area contributed by atoms with Crippen LogP contribution in [0.15, 0.2) is 36.4 Å². The van der Waals surface area contributed by atoms with Crippen LogP contribution in [0.1, 0.15) is 93.4 Å². The molecule has 1 aliphatic rings. The molecule has 42 heavy (non-hydrogen) atoms. The fourth-order valence-electron chi connectivity index (χ4n) is 6.91. The Bertz CT molecular complexity index is 784. The molecule has 0 amide bonds. The van der Waals surface area contributed by atoms with E-state index in [0.717, 1.165) is 52.1 Å². The van der Waals surface area contributed by atoms with E-state index in [2.05, 4.69) is 107 Å². The van der Waals surface area contributed by atoms with Crippen LogP contribution in [-0.2, 0) is 0 Å². The van der Waals surface area contributed by atoms with Crippen molar-refractivity contribution in [2.75, 3.05) is 52.4 Å². The molecular formula is C36H71FN4S. The first-order chi connectivity index (χ1) is 19.9. The van der Waals surface area contributed by atoms with Crippen LogP contribution in [0.3, 0.4) is 0 Å². The van der Waals surface area contributed by atoms with Gasteiger partial charge in [-0.2, -0.15) is 0 Å². The molecule has 0 saturated carbocycles. The van der Waals surface area contributed by atoms with E-state index < -0.39 is 16.2 Å². The molecule has 1 rings (SSSR count). The van der Waals surface area contributed by atoms with Crippen molar-refractivity contribution in [2.24, 2.45) is 23.7 Å². The van der Waals surface area contributed by atoms with Gasteiger partial charge >= 0.3 is 0 Å². The predicted octanol–water partition coefficient (Wildman–Crippen LogP) is 8.43. The smallest absolute Gasteiger partial charge is 0.101 e. The molecule has 248 valence electrons. The molecule has 0 aromatic rings. The maximum Gasteiger partial charge on any atom is 0.101 e. The summed E-state index contributed by atoms with van der Waals surface area (Å²) >= 11 is 0. The predicted molar refractivity (Wildman–Crippen MR) is 190 cm³/mol. The van der Waals surface area contributed by atoms with Crippen LogP contribution < -0.4 is 10.6 Å². The van der Waals surface area contributed by atoms with Gasteiger partial charge in [0.2, 0.25) is 0 Å². The van der Waals surface area contributed by atoms with Crippen molar-refractivity contribution in [3.05, 3.63) is 36.4 Å². The molecule has 0 fully saturated rings. The Morgan fingerprint density at radius 3 is 2.33 bits per heavy atom. The van der Waals surface area contributed by atoms with Crippen LogP contribution >= 0.6 is 10.0 Å². The molecule has 6 heteroatoms. The quantitative estimate of drug-likeness (QED) is 0.0691. The molecule has 0 saturated heterocycles. The van der Waals surface area contributed by atoms with Crippen LogP contribution in [0.5, 0.6) is 0 Å². The van der Waals surface area contributed by atoms with Gasteiger partial charge in [0.1, 0.15) is 6.17 Å². The largest absolute Gasteiger partial charge is 0.381 e. The first kappa shape index (κ1) is 39.2. The summed E-state index contributed by atoms with van der Waals surface area (Å²) in [5, 5.41) is 9.33. The Hall–Kier alpha value is -0.820. The number of rotatable bonds is 23. The molecular weight excluding hydrogens is 539 g/mol. The van der Waals surface area contributed by atoms with Gasteiger partial charge in [0.25, 0.3) is 0 Å². The summed E-state index contributed by atoms with van der Waals surface area (Å²) in [4.78, 5) is 5.07. The first-order valence-corrected chi connectivity index (χ1v) is 19.6. The molecule has 0 aromatic carbocycles. The summed E-state index contributed by atoms with van der Waals surface area (Å²) in [5.74, 6) is 1.36. The fourth-order valence-corrected chi connectivity index (χ4v) is 9.33. The van der Waals surface area contributed by atoms with Crippen molar-refractivity contribution in [1.82, 2.24) is 20.4 Å². The van der Waals surface area contributed by atoms with Crippen molar-refractivity contribution in [3.63, 3.8) is 0 Å². The van der Waals surface area contributed by atoms with Crippen LogP contribution in [0.4, 0.5) is 4.39 Å². The van der Waals surface area contributed by atoms with E-state index in [1.165, 1.54) is 30.7 Å². The molecule has 0 aliphatic carbocycles. The number of allylic oxidation sites excluding steroid dienone is 1. The maximum atomic E-state index is 15.0. The number of unbranched alkanes of at least 4 members (excludes halogenated alkanes) is 1. The third kappa shape index (κ3) is 11.6. The van der Waals surface area contributed by atoms with E-state index in [1.807, 2.05) is 6.08 Å². The summed E-state index contributed by atoms with van der Waals surface area (Å²) in [5.41, 5.74) is 0. The highest BCUT2D eigenvalue weighted by molar-refractivity contribution is 8.36. The summed E-state index contributed by atoms with van der Waals surface area (Å²) in [6.45, 7) is 28.6. The highest BCUT2D eigenvalue weighted by Crippen LogP contribution is 2.55. The fraction of sp³-hybridized carbons (Fsp3) is 0.833. The van der Waals surface area contributed by atoms with E-state index in [9.17, 15) is 0 Å². The lowest BCUT2D eigenvalue weighted by Gasteiger charge is -2.50. The molecule has 1 heterocycles. The van der Waals surface area contributed by atoms with Crippen LogP contribution in [-0.4, -0.2) is 85.7 Å². The third-order valence-corrected chi connectivity index (χ3v) is 13.8. The normalized spacial score (nSPS) is 22.5.